The highest BCUT2D eigenvalue weighted by molar-refractivity contribution is 8.03. The first-order chi connectivity index (χ1) is 7.04. The Kier molecular flexibility index (Phi) is 4.70. The Morgan fingerprint density at radius 3 is 2.73 bits per heavy atom. The molecule has 0 saturated heterocycles. The van der Waals surface area contributed by atoms with Crippen molar-refractivity contribution in [2.45, 2.75) is 26.7 Å². The van der Waals surface area contributed by atoms with Crippen LogP contribution in [0.1, 0.15) is 26.7 Å². The number of thioether (sulfide) groups is 1. The molecule has 0 aromatic rings. The van der Waals surface area contributed by atoms with Crippen molar-refractivity contribution in [3.63, 3.8) is 0 Å². The van der Waals surface area contributed by atoms with Crippen molar-refractivity contribution in [1.82, 2.24) is 5.43 Å². The second-order valence-electron chi connectivity index (χ2n) is 3.60. The van der Waals surface area contributed by atoms with E-state index in [0.717, 1.165) is 17.9 Å². The minimum atomic E-state index is -0.154. The van der Waals surface area contributed by atoms with E-state index in [-0.39, 0.29) is 5.91 Å². The summed E-state index contributed by atoms with van der Waals surface area (Å²) in [4.78, 5) is 12.2. The summed E-state index contributed by atoms with van der Waals surface area (Å²) in [5, 5.41) is 0.931. The molecule has 3 nitrogen and oxygen atoms in total. The van der Waals surface area contributed by atoms with E-state index in [1.165, 1.54) is 27.8 Å². The Hall–Kier alpha value is -0.450. The highest BCUT2D eigenvalue weighted by Crippen LogP contribution is 2.37. The highest BCUT2D eigenvalue weighted by atomic mass is 35.5. The molecule has 0 fully saturated rings. The predicted molar refractivity (Wildman–Crippen MR) is 65.3 cm³/mol. The molecular weight excluding hydrogens is 232 g/mol. The zero-order chi connectivity index (χ0) is 11.4. The van der Waals surface area contributed by atoms with E-state index in [1.807, 2.05) is 6.92 Å². The quantitative estimate of drug-likeness (QED) is 0.456. The molecule has 1 amide bonds. The molecule has 15 heavy (non-hydrogen) atoms. The van der Waals surface area contributed by atoms with Gasteiger partial charge in [-0.15, -0.1) is 11.8 Å². The number of rotatable bonds is 3. The van der Waals surface area contributed by atoms with E-state index in [1.54, 1.807) is 0 Å². The molecule has 0 radical (unpaired) electrons. The third kappa shape index (κ3) is 3.55. The molecule has 0 unspecified atom stereocenters. The van der Waals surface area contributed by atoms with Gasteiger partial charge in [0.25, 0.3) is 0 Å². The number of amides is 1. The van der Waals surface area contributed by atoms with Crippen molar-refractivity contribution in [2.75, 3.05) is 5.75 Å². The topological polar surface area (TPSA) is 55.1 Å². The fraction of sp³-hybridized carbons (Fsp3) is 0.500. The van der Waals surface area contributed by atoms with Crippen LogP contribution in [0.25, 0.3) is 0 Å². The smallest absolute Gasteiger partial charge is 0.244 e. The zero-order valence-electron chi connectivity index (χ0n) is 8.89. The van der Waals surface area contributed by atoms with E-state index >= 15 is 0 Å². The minimum Gasteiger partial charge on any atom is -0.294 e. The lowest BCUT2D eigenvalue weighted by Gasteiger charge is -2.18. The maximum absolute atomic E-state index is 11.0. The summed E-state index contributed by atoms with van der Waals surface area (Å²) in [6.45, 7) is 4.08. The molecular formula is C10H15ClN2OS. The van der Waals surface area contributed by atoms with E-state index in [9.17, 15) is 4.79 Å². The summed E-state index contributed by atoms with van der Waals surface area (Å²) in [5.74, 6) is 5.23. The van der Waals surface area contributed by atoms with Crippen LogP contribution in [0.3, 0.4) is 0 Å². The van der Waals surface area contributed by atoms with E-state index < -0.39 is 0 Å². The fourth-order valence-corrected chi connectivity index (χ4v) is 2.63. The van der Waals surface area contributed by atoms with Gasteiger partial charge in [0.1, 0.15) is 0 Å². The van der Waals surface area contributed by atoms with Crippen molar-refractivity contribution in [2.24, 2.45) is 5.84 Å². The Labute approximate surface area is 99.1 Å². The largest absolute Gasteiger partial charge is 0.294 e. The molecule has 0 spiro atoms. The first-order valence-electron chi connectivity index (χ1n) is 4.69. The van der Waals surface area contributed by atoms with Gasteiger partial charge in [-0.2, -0.15) is 0 Å². The predicted octanol–water partition coefficient (Wildman–Crippen LogP) is 2.29. The Bertz CT molecular complexity index is 336. The summed E-state index contributed by atoms with van der Waals surface area (Å²) < 4.78 is 0. The van der Waals surface area contributed by atoms with Gasteiger partial charge in [0, 0.05) is 17.9 Å². The molecule has 0 saturated carbocycles. The van der Waals surface area contributed by atoms with Gasteiger partial charge in [-0.25, -0.2) is 5.84 Å². The second kappa shape index (κ2) is 5.58. The molecule has 0 atom stereocenters. The number of hydrogen-bond donors (Lipinski definition) is 2. The molecule has 0 heterocycles. The molecule has 1 aliphatic carbocycles. The summed E-state index contributed by atoms with van der Waals surface area (Å²) >= 11 is 7.59. The fourth-order valence-electron chi connectivity index (χ4n) is 1.34. The van der Waals surface area contributed by atoms with Crippen molar-refractivity contribution < 1.29 is 4.79 Å². The van der Waals surface area contributed by atoms with Crippen molar-refractivity contribution in [1.29, 1.82) is 0 Å². The minimum absolute atomic E-state index is 0.154. The van der Waals surface area contributed by atoms with Crippen LogP contribution < -0.4 is 11.3 Å². The Morgan fingerprint density at radius 2 is 2.13 bits per heavy atom. The molecule has 5 heteroatoms. The number of halogens is 1. The summed E-state index contributed by atoms with van der Waals surface area (Å²) in [5.41, 5.74) is 4.56. The molecule has 0 aliphatic heterocycles. The molecule has 0 aromatic heterocycles. The lowest BCUT2D eigenvalue weighted by Crippen LogP contribution is -2.31. The lowest BCUT2D eigenvalue weighted by atomic mass is 10.0. The van der Waals surface area contributed by atoms with Crippen LogP contribution in [0.4, 0.5) is 0 Å². The third-order valence-corrected chi connectivity index (χ3v) is 4.03. The van der Waals surface area contributed by atoms with Crippen LogP contribution in [-0.2, 0) is 4.79 Å². The van der Waals surface area contributed by atoms with Gasteiger partial charge < -0.3 is 0 Å². The monoisotopic (exact) mass is 246 g/mol. The van der Waals surface area contributed by atoms with Gasteiger partial charge in [-0.05, 0) is 18.8 Å². The third-order valence-electron chi connectivity index (χ3n) is 2.32. The van der Waals surface area contributed by atoms with Crippen LogP contribution in [-0.4, -0.2) is 11.7 Å². The van der Waals surface area contributed by atoms with Gasteiger partial charge in [-0.3, -0.25) is 10.2 Å². The van der Waals surface area contributed by atoms with Crippen LogP contribution in [0.2, 0.25) is 0 Å². The normalized spacial score (nSPS) is 17.1. The number of allylic oxidation sites excluding steroid dienone is 4. The zero-order valence-corrected chi connectivity index (χ0v) is 10.5. The first kappa shape index (κ1) is 12.6. The number of carbonyl (C=O) groups excluding carboxylic acids is 1. The standard InChI is InChI=1S/C10H15ClN2OS/c1-6-4-9(7(2)3-8(6)11)15-5-10(14)13-12/h3-5,12H2,1-2H3,(H,13,14). The van der Waals surface area contributed by atoms with E-state index in [0.29, 0.717) is 5.75 Å². The molecule has 3 N–H and O–H groups in total. The molecule has 1 rings (SSSR count). The summed E-state index contributed by atoms with van der Waals surface area (Å²) in [6.07, 6.45) is 1.66. The Morgan fingerprint density at radius 1 is 1.47 bits per heavy atom. The maximum Gasteiger partial charge on any atom is 0.244 e. The van der Waals surface area contributed by atoms with Gasteiger partial charge in [0.15, 0.2) is 0 Å². The van der Waals surface area contributed by atoms with Gasteiger partial charge >= 0.3 is 0 Å². The molecule has 0 bridgehead atoms. The van der Waals surface area contributed by atoms with Crippen LogP contribution in [0, 0.1) is 0 Å². The summed E-state index contributed by atoms with van der Waals surface area (Å²) in [7, 11) is 0. The van der Waals surface area contributed by atoms with E-state index in [4.69, 9.17) is 17.4 Å². The molecule has 84 valence electrons. The Balaban J connectivity index is 2.56. The lowest BCUT2D eigenvalue weighted by molar-refractivity contribution is -0.118. The van der Waals surface area contributed by atoms with Crippen molar-refractivity contribution >= 4 is 29.3 Å². The van der Waals surface area contributed by atoms with Gasteiger partial charge in [0.2, 0.25) is 5.91 Å². The molecule has 0 aromatic carbocycles. The number of nitrogens with one attached hydrogen (secondary N) is 1. The number of carbonyl (C=O) groups is 1. The maximum atomic E-state index is 11.0. The van der Waals surface area contributed by atoms with Crippen LogP contribution in [0.5, 0.6) is 0 Å². The van der Waals surface area contributed by atoms with Gasteiger partial charge in [0.05, 0.1) is 5.75 Å². The van der Waals surface area contributed by atoms with Crippen molar-refractivity contribution in [3.05, 3.63) is 21.1 Å². The van der Waals surface area contributed by atoms with Gasteiger partial charge in [-0.1, -0.05) is 22.7 Å². The number of hydrogen-bond acceptors (Lipinski definition) is 3. The van der Waals surface area contributed by atoms with Crippen molar-refractivity contribution in [3.8, 4) is 0 Å². The van der Waals surface area contributed by atoms with Crippen LogP contribution >= 0.6 is 23.4 Å². The number of hydrazine groups is 1. The molecule has 1 aliphatic rings. The van der Waals surface area contributed by atoms with E-state index in [2.05, 4.69) is 12.3 Å². The number of nitrogens with two attached hydrogens (primary N) is 1. The second-order valence-corrected chi connectivity index (χ2v) is 5.12. The summed E-state index contributed by atoms with van der Waals surface area (Å²) in [6, 6.07) is 0. The SMILES string of the molecule is CC1=C(Cl)CC(C)=C(SCC(=O)NN)C1. The highest BCUT2D eigenvalue weighted by Gasteiger charge is 2.15. The first-order valence-corrected chi connectivity index (χ1v) is 6.06. The average Bonchev–Trinajstić information content (AvgIpc) is 2.21. The van der Waals surface area contributed by atoms with Crippen LogP contribution in [0.15, 0.2) is 21.1 Å². The average molecular weight is 247 g/mol.